The molecule has 1 aliphatic heterocycles. The summed E-state index contributed by atoms with van der Waals surface area (Å²) in [6, 6.07) is 0.572. The van der Waals surface area contributed by atoms with E-state index in [0.29, 0.717) is 11.9 Å². The maximum atomic E-state index is 12.3. The first kappa shape index (κ1) is 13.9. The lowest BCUT2D eigenvalue weighted by Crippen LogP contribution is -2.53. The zero-order valence-corrected chi connectivity index (χ0v) is 12.1. The van der Waals surface area contributed by atoms with Gasteiger partial charge in [-0.2, -0.15) is 0 Å². The number of carbonyl (C=O) groups is 1. The SMILES string of the molecule is CC(NC1CC(C(C)C)C1)C(=O)N1CCCCC1. The maximum absolute atomic E-state index is 12.3. The molecule has 1 heterocycles. The minimum absolute atomic E-state index is 0.00112. The zero-order valence-electron chi connectivity index (χ0n) is 12.1. The fourth-order valence-electron chi connectivity index (χ4n) is 3.16. The molecular weight excluding hydrogens is 224 g/mol. The molecule has 18 heavy (non-hydrogen) atoms. The van der Waals surface area contributed by atoms with Gasteiger partial charge in [0.2, 0.25) is 5.91 Å². The molecule has 1 N–H and O–H groups in total. The van der Waals surface area contributed by atoms with Gasteiger partial charge in [0.1, 0.15) is 0 Å². The van der Waals surface area contributed by atoms with Crippen molar-refractivity contribution in [1.82, 2.24) is 10.2 Å². The van der Waals surface area contributed by atoms with E-state index in [-0.39, 0.29) is 6.04 Å². The highest BCUT2D eigenvalue weighted by Crippen LogP contribution is 2.33. The summed E-state index contributed by atoms with van der Waals surface area (Å²) in [6.45, 7) is 8.54. The van der Waals surface area contributed by atoms with Crippen LogP contribution in [0.3, 0.4) is 0 Å². The number of nitrogens with one attached hydrogen (secondary N) is 1. The highest BCUT2D eigenvalue weighted by molar-refractivity contribution is 5.81. The summed E-state index contributed by atoms with van der Waals surface area (Å²) in [5, 5.41) is 3.51. The lowest BCUT2D eigenvalue weighted by Gasteiger charge is -2.40. The van der Waals surface area contributed by atoms with Gasteiger partial charge in [-0.3, -0.25) is 4.79 Å². The van der Waals surface area contributed by atoms with Crippen LogP contribution >= 0.6 is 0 Å². The number of likely N-dealkylation sites (tertiary alicyclic amines) is 1. The van der Waals surface area contributed by atoms with Crippen molar-refractivity contribution in [2.75, 3.05) is 13.1 Å². The van der Waals surface area contributed by atoms with E-state index >= 15 is 0 Å². The average Bonchev–Trinajstić information content (AvgIpc) is 2.32. The Morgan fingerprint density at radius 3 is 2.28 bits per heavy atom. The van der Waals surface area contributed by atoms with Crippen molar-refractivity contribution in [2.24, 2.45) is 11.8 Å². The van der Waals surface area contributed by atoms with Crippen molar-refractivity contribution in [3.05, 3.63) is 0 Å². The van der Waals surface area contributed by atoms with Crippen LogP contribution in [-0.2, 0) is 4.79 Å². The smallest absolute Gasteiger partial charge is 0.239 e. The summed E-state index contributed by atoms with van der Waals surface area (Å²) in [7, 11) is 0. The molecule has 1 amide bonds. The van der Waals surface area contributed by atoms with E-state index in [1.165, 1.54) is 32.1 Å². The number of carbonyl (C=O) groups excluding carboxylic acids is 1. The van der Waals surface area contributed by atoms with Crippen LogP contribution in [0.2, 0.25) is 0 Å². The molecule has 2 fully saturated rings. The van der Waals surface area contributed by atoms with Crippen molar-refractivity contribution < 1.29 is 4.79 Å². The molecule has 0 radical (unpaired) electrons. The number of nitrogens with zero attached hydrogens (tertiary/aromatic N) is 1. The van der Waals surface area contributed by atoms with E-state index in [1.807, 2.05) is 11.8 Å². The molecule has 2 rings (SSSR count). The average molecular weight is 252 g/mol. The molecular formula is C15H28N2O. The Morgan fingerprint density at radius 2 is 1.72 bits per heavy atom. The Balaban J connectivity index is 1.71. The van der Waals surface area contributed by atoms with Crippen molar-refractivity contribution in [2.45, 2.75) is 65.0 Å². The molecule has 0 aromatic rings. The summed E-state index contributed by atoms with van der Waals surface area (Å²) in [5.74, 6) is 1.96. The van der Waals surface area contributed by atoms with E-state index in [9.17, 15) is 4.79 Å². The third kappa shape index (κ3) is 3.25. The van der Waals surface area contributed by atoms with Gasteiger partial charge in [0, 0.05) is 19.1 Å². The second kappa shape index (κ2) is 6.05. The summed E-state index contributed by atoms with van der Waals surface area (Å²) < 4.78 is 0. The predicted octanol–water partition coefficient (Wildman–Crippen LogP) is 2.41. The van der Waals surface area contributed by atoms with E-state index in [0.717, 1.165) is 24.9 Å². The first-order chi connectivity index (χ1) is 8.58. The maximum Gasteiger partial charge on any atom is 0.239 e. The van der Waals surface area contributed by atoms with E-state index in [2.05, 4.69) is 19.2 Å². The highest BCUT2D eigenvalue weighted by atomic mass is 16.2. The van der Waals surface area contributed by atoms with Gasteiger partial charge in [0.05, 0.1) is 6.04 Å². The Kier molecular flexibility index (Phi) is 4.66. The standard InChI is InChI=1S/C15H28N2O/c1-11(2)13-9-14(10-13)16-12(3)15(18)17-7-5-4-6-8-17/h11-14,16H,4-10H2,1-3H3. The number of rotatable bonds is 4. The van der Waals surface area contributed by atoms with E-state index < -0.39 is 0 Å². The predicted molar refractivity (Wildman–Crippen MR) is 74.4 cm³/mol. The number of amides is 1. The third-order valence-corrected chi connectivity index (χ3v) is 4.64. The normalized spacial score (nSPS) is 30.1. The lowest BCUT2D eigenvalue weighted by molar-refractivity contribution is -0.134. The van der Waals surface area contributed by atoms with Crippen LogP contribution in [0.4, 0.5) is 0 Å². The molecule has 0 aromatic heterocycles. The summed E-state index contributed by atoms with van der Waals surface area (Å²) in [4.78, 5) is 14.3. The molecule has 1 saturated carbocycles. The molecule has 1 saturated heterocycles. The van der Waals surface area contributed by atoms with Crippen LogP contribution in [0.1, 0.15) is 52.9 Å². The van der Waals surface area contributed by atoms with Crippen LogP contribution in [0, 0.1) is 11.8 Å². The summed E-state index contributed by atoms with van der Waals surface area (Å²) >= 11 is 0. The number of hydrogen-bond donors (Lipinski definition) is 1. The van der Waals surface area contributed by atoms with Crippen LogP contribution in [-0.4, -0.2) is 36.0 Å². The highest BCUT2D eigenvalue weighted by Gasteiger charge is 2.33. The third-order valence-electron chi connectivity index (χ3n) is 4.64. The van der Waals surface area contributed by atoms with Gasteiger partial charge in [-0.05, 0) is 50.9 Å². The van der Waals surface area contributed by atoms with Gasteiger partial charge in [-0.15, -0.1) is 0 Å². The first-order valence-corrected chi connectivity index (χ1v) is 7.62. The fraction of sp³-hybridized carbons (Fsp3) is 0.933. The minimum atomic E-state index is 0.00112. The Labute approximate surface area is 111 Å². The molecule has 1 aliphatic carbocycles. The lowest BCUT2D eigenvalue weighted by atomic mass is 9.73. The van der Waals surface area contributed by atoms with Crippen LogP contribution in [0.25, 0.3) is 0 Å². The first-order valence-electron chi connectivity index (χ1n) is 7.62. The minimum Gasteiger partial charge on any atom is -0.341 e. The summed E-state index contributed by atoms with van der Waals surface area (Å²) in [5.41, 5.74) is 0. The Hall–Kier alpha value is -0.570. The molecule has 1 atom stereocenters. The Morgan fingerprint density at radius 1 is 1.11 bits per heavy atom. The molecule has 2 aliphatic rings. The molecule has 1 unspecified atom stereocenters. The van der Waals surface area contributed by atoms with E-state index in [4.69, 9.17) is 0 Å². The molecule has 3 nitrogen and oxygen atoms in total. The van der Waals surface area contributed by atoms with Gasteiger partial charge in [-0.1, -0.05) is 13.8 Å². The van der Waals surface area contributed by atoms with Crippen molar-refractivity contribution in [3.8, 4) is 0 Å². The Bertz CT molecular complexity index is 278. The quantitative estimate of drug-likeness (QED) is 0.833. The van der Waals surface area contributed by atoms with Crippen molar-refractivity contribution >= 4 is 5.91 Å². The summed E-state index contributed by atoms with van der Waals surface area (Å²) in [6.07, 6.45) is 6.13. The van der Waals surface area contributed by atoms with Gasteiger partial charge in [0.15, 0.2) is 0 Å². The van der Waals surface area contributed by atoms with Crippen LogP contribution in [0.15, 0.2) is 0 Å². The molecule has 104 valence electrons. The second-order valence-corrected chi connectivity index (χ2v) is 6.45. The molecule has 0 spiro atoms. The van der Waals surface area contributed by atoms with Crippen LogP contribution in [0.5, 0.6) is 0 Å². The topological polar surface area (TPSA) is 32.3 Å². The van der Waals surface area contributed by atoms with Gasteiger partial charge in [0.25, 0.3) is 0 Å². The van der Waals surface area contributed by atoms with Crippen LogP contribution < -0.4 is 5.32 Å². The molecule has 0 bridgehead atoms. The van der Waals surface area contributed by atoms with Crippen molar-refractivity contribution in [3.63, 3.8) is 0 Å². The van der Waals surface area contributed by atoms with Crippen molar-refractivity contribution in [1.29, 1.82) is 0 Å². The molecule has 3 heteroatoms. The largest absolute Gasteiger partial charge is 0.341 e. The zero-order chi connectivity index (χ0) is 13.1. The number of hydrogen-bond acceptors (Lipinski definition) is 2. The van der Waals surface area contributed by atoms with Gasteiger partial charge < -0.3 is 10.2 Å². The van der Waals surface area contributed by atoms with Gasteiger partial charge in [-0.25, -0.2) is 0 Å². The number of piperidine rings is 1. The second-order valence-electron chi connectivity index (χ2n) is 6.45. The van der Waals surface area contributed by atoms with Gasteiger partial charge >= 0.3 is 0 Å². The van der Waals surface area contributed by atoms with E-state index in [1.54, 1.807) is 0 Å². The molecule has 0 aromatic carbocycles. The monoisotopic (exact) mass is 252 g/mol. The fourth-order valence-corrected chi connectivity index (χ4v) is 3.16.